The molecule has 0 bridgehead atoms. The lowest BCUT2D eigenvalue weighted by atomic mass is 10.2. The number of hydrogen-bond acceptors (Lipinski definition) is 3. The fourth-order valence-corrected chi connectivity index (χ4v) is 2.39. The normalized spacial score (nSPS) is 10.5. The van der Waals surface area contributed by atoms with Crippen molar-refractivity contribution in [2.75, 3.05) is 6.61 Å². The van der Waals surface area contributed by atoms with Gasteiger partial charge in [-0.15, -0.1) is 0 Å². The van der Waals surface area contributed by atoms with Crippen LogP contribution in [0.1, 0.15) is 18.1 Å². The Balaban J connectivity index is 2.19. The highest BCUT2D eigenvalue weighted by atomic mass is 35.5. The summed E-state index contributed by atoms with van der Waals surface area (Å²) in [6.07, 6.45) is 0. The minimum Gasteiger partial charge on any atom is -0.490 e. The Hall–Kier alpha value is -1.42. The maximum absolute atomic E-state index is 6.13. The average Bonchev–Trinajstić information content (AvgIpc) is 2.48. The van der Waals surface area contributed by atoms with Crippen LogP contribution in [0.15, 0.2) is 36.4 Å². The van der Waals surface area contributed by atoms with Crippen molar-refractivity contribution in [3.05, 3.63) is 57.6 Å². The maximum Gasteiger partial charge on any atom is 0.161 e. The molecule has 0 fully saturated rings. The minimum absolute atomic E-state index is 0.278. The third kappa shape index (κ3) is 4.03. The van der Waals surface area contributed by atoms with E-state index in [1.165, 1.54) is 0 Å². The third-order valence-electron chi connectivity index (χ3n) is 2.98. The van der Waals surface area contributed by atoms with Crippen molar-refractivity contribution in [1.29, 1.82) is 0 Å². The number of halogens is 2. The number of benzene rings is 2. The van der Waals surface area contributed by atoms with Crippen LogP contribution in [-0.4, -0.2) is 6.61 Å². The number of ether oxygens (including phenoxy) is 2. The summed E-state index contributed by atoms with van der Waals surface area (Å²) in [5, 5.41) is 1.16. The lowest BCUT2D eigenvalue weighted by molar-refractivity contribution is 0.269. The molecule has 2 rings (SSSR count). The molecule has 0 heterocycles. The van der Waals surface area contributed by atoms with Gasteiger partial charge in [-0.25, -0.2) is 0 Å². The van der Waals surface area contributed by atoms with E-state index >= 15 is 0 Å². The Morgan fingerprint density at radius 2 is 1.71 bits per heavy atom. The molecule has 3 nitrogen and oxygen atoms in total. The Labute approximate surface area is 134 Å². The largest absolute Gasteiger partial charge is 0.490 e. The Morgan fingerprint density at radius 3 is 2.33 bits per heavy atom. The molecule has 0 aromatic heterocycles. The van der Waals surface area contributed by atoms with E-state index in [-0.39, 0.29) is 6.61 Å². The van der Waals surface area contributed by atoms with E-state index in [4.69, 9.17) is 38.4 Å². The fourth-order valence-electron chi connectivity index (χ4n) is 1.89. The van der Waals surface area contributed by atoms with Crippen LogP contribution in [0.3, 0.4) is 0 Å². The van der Waals surface area contributed by atoms with Crippen LogP contribution in [0.25, 0.3) is 0 Å². The zero-order valence-corrected chi connectivity index (χ0v) is 13.2. The first-order valence-electron chi connectivity index (χ1n) is 6.67. The Kier molecular flexibility index (Phi) is 5.74. The summed E-state index contributed by atoms with van der Waals surface area (Å²) in [7, 11) is 0. The van der Waals surface area contributed by atoms with Gasteiger partial charge >= 0.3 is 0 Å². The van der Waals surface area contributed by atoms with Crippen LogP contribution >= 0.6 is 23.2 Å². The predicted molar refractivity (Wildman–Crippen MR) is 86.3 cm³/mol. The van der Waals surface area contributed by atoms with Gasteiger partial charge in [-0.05, 0) is 36.8 Å². The third-order valence-corrected chi connectivity index (χ3v) is 3.69. The maximum atomic E-state index is 6.13. The number of hydrogen-bond donors (Lipinski definition) is 1. The van der Waals surface area contributed by atoms with E-state index < -0.39 is 0 Å². The van der Waals surface area contributed by atoms with Gasteiger partial charge in [0.2, 0.25) is 0 Å². The first-order valence-corrected chi connectivity index (χ1v) is 7.42. The highest BCUT2D eigenvalue weighted by molar-refractivity contribution is 6.35. The summed E-state index contributed by atoms with van der Waals surface area (Å²) >= 11 is 12.3. The highest BCUT2D eigenvalue weighted by Gasteiger charge is 2.10. The molecule has 0 aliphatic heterocycles. The molecule has 0 saturated carbocycles. The van der Waals surface area contributed by atoms with E-state index in [9.17, 15) is 0 Å². The second-order valence-corrected chi connectivity index (χ2v) is 5.22. The molecule has 2 N–H and O–H groups in total. The van der Waals surface area contributed by atoms with E-state index in [1.807, 2.05) is 25.1 Å². The van der Waals surface area contributed by atoms with Crippen molar-refractivity contribution in [1.82, 2.24) is 0 Å². The molecule has 0 amide bonds. The van der Waals surface area contributed by atoms with Crippen molar-refractivity contribution < 1.29 is 9.47 Å². The van der Waals surface area contributed by atoms with Crippen molar-refractivity contribution in [3.8, 4) is 11.5 Å². The van der Waals surface area contributed by atoms with Gasteiger partial charge < -0.3 is 15.2 Å². The minimum atomic E-state index is 0.278. The van der Waals surface area contributed by atoms with Gasteiger partial charge in [0.15, 0.2) is 11.5 Å². The zero-order chi connectivity index (χ0) is 15.2. The van der Waals surface area contributed by atoms with Crippen molar-refractivity contribution in [3.63, 3.8) is 0 Å². The monoisotopic (exact) mass is 325 g/mol. The van der Waals surface area contributed by atoms with E-state index in [0.29, 0.717) is 34.7 Å². The highest BCUT2D eigenvalue weighted by Crippen LogP contribution is 2.31. The van der Waals surface area contributed by atoms with Crippen LogP contribution in [0.5, 0.6) is 11.5 Å². The van der Waals surface area contributed by atoms with Crippen LogP contribution in [-0.2, 0) is 13.2 Å². The SMILES string of the molecule is CCOc1cc(CN)ccc1OCc1c(Cl)cccc1Cl. The van der Waals surface area contributed by atoms with Gasteiger partial charge in [-0.3, -0.25) is 0 Å². The molecule has 0 radical (unpaired) electrons. The van der Waals surface area contributed by atoms with Gasteiger partial charge in [0.05, 0.1) is 6.61 Å². The molecule has 5 heteroatoms. The molecule has 112 valence electrons. The Bertz CT molecular complexity index is 597. The van der Waals surface area contributed by atoms with Gasteiger partial charge in [0.25, 0.3) is 0 Å². The molecule has 0 spiro atoms. The quantitative estimate of drug-likeness (QED) is 0.854. The van der Waals surface area contributed by atoms with Crippen LogP contribution in [0.2, 0.25) is 10.0 Å². The van der Waals surface area contributed by atoms with Crippen molar-refractivity contribution >= 4 is 23.2 Å². The average molecular weight is 326 g/mol. The van der Waals surface area contributed by atoms with E-state index in [2.05, 4.69) is 0 Å². The van der Waals surface area contributed by atoms with Gasteiger partial charge in [-0.1, -0.05) is 35.3 Å². The second kappa shape index (κ2) is 7.55. The second-order valence-electron chi connectivity index (χ2n) is 4.41. The molecule has 0 unspecified atom stereocenters. The summed E-state index contributed by atoms with van der Waals surface area (Å²) in [5.74, 6) is 1.31. The first-order chi connectivity index (χ1) is 10.2. The molecule has 0 aliphatic rings. The summed E-state index contributed by atoms with van der Waals surface area (Å²) in [4.78, 5) is 0. The smallest absolute Gasteiger partial charge is 0.161 e. The lowest BCUT2D eigenvalue weighted by Crippen LogP contribution is -2.03. The summed E-state index contributed by atoms with van der Waals surface area (Å²) in [6, 6.07) is 11.0. The molecule has 2 aromatic carbocycles. The fraction of sp³-hybridized carbons (Fsp3) is 0.250. The molecule has 2 aromatic rings. The summed E-state index contributed by atoms with van der Waals surface area (Å²) in [5.41, 5.74) is 7.38. The number of rotatable bonds is 6. The molecular formula is C16H17Cl2NO2. The number of nitrogens with two attached hydrogens (primary N) is 1. The predicted octanol–water partition coefficient (Wildman–Crippen LogP) is 4.43. The van der Waals surface area contributed by atoms with E-state index in [0.717, 1.165) is 11.1 Å². The lowest BCUT2D eigenvalue weighted by Gasteiger charge is -2.14. The van der Waals surface area contributed by atoms with Crippen LogP contribution in [0.4, 0.5) is 0 Å². The topological polar surface area (TPSA) is 44.5 Å². The zero-order valence-electron chi connectivity index (χ0n) is 11.7. The standard InChI is InChI=1S/C16H17Cl2NO2/c1-2-20-16-8-11(9-19)6-7-15(16)21-10-12-13(17)4-3-5-14(12)18/h3-8H,2,9-10,19H2,1H3. The summed E-state index contributed by atoms with van der Waals surface area (Å²) < 4.78 is 11.4. The van der Waals surface area contributed by atoms with Crippen molar-refractivity contribution in [2.24, 2.45) is 5.73 Å². The molecule has 21 heavy (non-hydrogen) atoms. The van der Waals surface area contributed by atoms with Gasteiger partial charge in [-0.2, -0.15) is 0 Å². The van der Waals surface area contributed by atoms with E-state index in [1.54, 1.807) is 18.2 Å². The van der Waals surface area contributed by atoms with Crippen molar-refractivity contribution in [2.45, 2.75) is 20.1 Å². The van der Waals surface area contributed by atoms with Gasteiger partial charge in [0, 0.05) is 22.2 Å². The first kappa shape index (κ1) is 16.0. The van der Waals surface area contributed by atoms with Gasteiger partial charge in [0.1, 0.15) is 6.61 Å². The molecule has 0 saturated heterocycles. The molecule has 0 aliphatic carbocycles. The molecule has 0 atom stereocenters. The summed E-state index contributed by atoms with van der Waals surface area (Å²) in [6.45, 7) is 3.21. The Morgan fingerprint density at radius 1 is 1.00 bits per heavy atom. The van der Waals surface area contributed by atoms with Crippen LogP contribution < -0.4 is 15.2 Å². The molecular weight excluding hydrogens is 309 g/mol. The van der Waals surface area contributed by atoms with Crippen LogP contribution in [0, 0.1) is 0 Å².